The van der Waals surface area contributed by atoms with Gasteiger partial charge in [-0.25, -0.2) is 0 Å². The Kier molecular flexibility index (Phi) is 3.01. The summed E-state index contributed by atoms with van der Waals surface area (Å²) in [6.07, 6.45) is 0. The van der Waals surface area contributed by atoms with Crippen LogP contribution in [0.25, 0.3) is 0 Å². The van der Waals surface area contributed by atoms with Crippen molar-refractivity contribution in [2.75, 3.05) is 6.79 Å². The molecule has 0 saturated heterocycles. The van der Waals surface area contributed by atoms with Crippen molar-refractivity contribution in [3.8, 4) is 11.5 Å². The van der Waals surface area contributed by atoms with E-state index in [9.17, 15) is 0 Å². The molecule has 2 rings (SSSR count). The topological polar surface area (TPSA) is 44.5 Å². The molecule has 1 heterocycles. The molecule has 0 bridgehead atoms. The van der Waals surface area contributed by atoms with Crippen molar-refractivity contribution in [1.29, 1.82) is 0 Å². The third-order valence-electron chi connectivity index (χ3n) is 2.37. The minimum absolute atomic E-state index is 0.296. The second kappa shape index (κ2) is 4.29. The quantitative estimate of drug-likeness (QED) is 0.821. The molecule has 1 aliphatic rings. The highest BCUT2D eigenvalue weighted by Crippen LogP contribution is 2.41. The van der Waals surface area contributed by atoms with Crippen molar-refractivity contribution in [1.82, 2.24) is 0 Å². The first kappa shape index (κ1) is 11.2. The fourth-order valence-corrected chi connectivity index (χ4v) is 2.48. The molecule has 0 aliphatic carbocycles. The molecule has 1 aromatic rings. The maximum absolute atomic E-state index is 5.64. The van der Waals surface area contributed by atoms with Gasteiger partial charge >= 0.3 is 0 Å². The van der Waals surface area contributed by atoms with Crippen LogP contribution in [0.15, 0.2) is 28.6 Å². The van der Waals surface area contributed by atoms with Crippen LogP contribution in [0.5, 0.6) is 11.5 Å². The number of fused-ring (bicyclic) bond motifs is 1. The summed E-state index contributed by atoms with van der Waals surface area (Å²) >= 11 is 1.47. The number of hydrogen-bond acceptors (Lipinski definition) is 4. The molecule has 0 aromatic heterocycles. The van der Waals surface area contributed by atoms with Crippen LogP contribution in [0, 0.1) is 0 Å². The lowest BCUT2D eigenvalue weighted by Crippen LogP contribution is -1.95. The van der Waals surface area contributed by atoms with E-state index in [1.165, 1.54) is 17.3 Å². The van der Waals surface area contributed by atoms with Gasteiger partial charge in [-0.2, -0.15) is 0 Å². The van der Waals surface area contributed by atoms with Gasteiger partial charge in [0.15, 0.2) is 11.5 Å². The van der Waals surface area contributed by atoms with Crippen LogP contribution in [-0.2, 0) is 0 Å². The summed E-state index contributed by atoms with van der Waals surface area (Å²) < 4.78 is 10.7. The van der Waals surface area contributed by atoms with Crippen LogP contribution in [0.1, 0.15) is 25.3 Å². The normalized spacial score (nSPS) is 13.2. The summed E-state index contributed by atoms with van der Waals surface area (Å²) in [7, 11) is 0. The summed E-state index contributed by atoms with van der Waals surface area (Å²) in [4.78, 5) is 1.09. The number of nitrogens with two attached hydrogens (primary N) is 1. The lowest BCUT2D eigenvalue weighted by molar-refractivity contribution is 0.174. The zero-order valence-electron chi connectivity index (χ0n) is 9.45. The fraction of sp³-hybridized carbons (Fsp3) is 0.333. The Labute approximate surface area is 99.6 Å². The molecule has 0 spiro atoms. The van der Waals surface area contributed by atoms with E-state index >= 15 is 0 Å². The predicted octanol–water partition coefficient (Wildman–Crippen LogP) is 3.06. The SMILES string of the molecule is C=C(N)Sc1cc2c(cc1C(C)C)OCO2. The first-order valence-corrected chi connectivity index (χ1v) is 5.95. The molecule has 3 nitrogen and oxygen atoms in total. The van der Waals surface area contributed by atoms with Crippen molar-refractivity contribution in [3.63, 3.8) is 0 Å². The largest absolute Gasteiger partial charge is 0.454 e. The predicted molar refractivity (Wildman–Crippen MR) is 65.8 cm³/mol. The molecular weight excluding hydrogens is 222 g/mol. The molecule has 1 aromatic carbocycles. The Balaban J connectivity index is 2.44. The Morgan fingerprint density at radius 1 is 1.38 bits per heavy atom. The molecule has 0 radical (unpaired) electrons. The molecule has 0 unspecified atom stereocenters. The molecule has 0 saturated carbocycles. The van der Waals surface area contributed by atoms with Crippen molar-refractivity contribution in [2.24, 2.45) is 5.73 Å². The van der Waals surface area contributed by atoms with Crippen LogP contribution in [-0.4, -0.2) is 6.79 Å². The van der Waals surface area contributed by atoms with Crippen LogP contribution >= 0.6 is 11.8 Å². The van der Waals surface area contributed by atoms with Gasteiger partial charge in [0.25, 0.3) is 0 Å². The van der Waals surface area contributed by atoms with E-state index in [-0.39, 0.29) is 0 Å². The van der Waals surface area contributed by atoms with Crippen molar-refractivity contribution in [2.45, 2.75) is 24.7 Å². The van der Waals surface area contributed by atoms with E-state index in [0.29, 0.717) is 17.7 Å². The molecule has 0 amide bonds. The number of rotatable bonds is 3. The summed E-state index contributed by atoms with van der Waals surface area (Å²) in [5, 5.41) is 0.584. The zero-order valence-corrected chi connectivity index (χ0v) is 10.3. The highest BCUT2D eigenvalue weighted by molar-refractivity contribution is 8.03. The third kappa shape index (κ3) is 2.11. The molecule has 16 heavy (non-hydrogen) atoms. The van der Waals surface area contributed by atoms with Gasteiger partial charge in [-0.3, -0.25) is 0 Å². The van der Waals surface area contributed by atoms with E-state index in [1.54, 1.807) is 0 Å². The minimum atomic E-state index is 0.296. The summed E-state index contributed by atoms with van der Waals surface area (Å²) in [6, 6.07) is 4.00. The van der Waals surface area contributed by atoms with Gasteiger partial charge in [-0.05, 0) is 23.6 Å². The van der Waals surface area contributed by atoms with Gasteiger partial charge in [0.1, 0.15) is 0 Å². The average molecular weight is 237 g/mol. The molecule has 2 N–H and O–H groups in total. The highest BCUT2D eigenvalue weighted by atomic mass is 32.2. The first-order valence-electron chi connectivity index (χ1n) is 5.13. The lowest BCUT2D eigenvalue weighted by Gasteiger charge is -2.13. The fourth-order valence-electron chi connectivity index (χ4n) is 1.62. The molecule has 0 fully saturated rings. The number of ether oxygens (including phenoxy) is 2. The Morgan fingerprint density at radius 3 is 2.56 bits per heavy atom. The van der Waals surface area contributed by atoms with E-state index < -0.39 is 0 Å². The molecule has 1 aliphatic heterocycles. The standard InChI is InChI=1S/C12H15NO2S/c1-7(2)9-4-10-11(15-6-14-10)5-12(9)16-8(3)13/h4-5,7H,3,6,13H2,1-2H3. The summed E-state index contributed by atoms with van der Waals surface area (Å²) in [5.74, 6) is 2.01. The Hall–Kier alpha value is -1.29. The van der Waals surface area contributed by atoms with Gasteiger partial charge < -0.3 is 15.2 Å². The van der Waals surface area contributed by atoms with Crippen molar-refractivity contribution >= 4 is 11.8 Å². The molecule has 4 heteroatoms. The second-order valence-electron chi connectivity index (χ2n) is 3.97. The van der Waals surface area contributed by atoms with Crippen LogP contribution in [0.4, 0.5) is 0 Å². The Bertz CT molecular complexity index is 429. The molecule has 0 atom stereocenters. The van der Waals surface area contributed by atoms with Gasteiger partial charge in [0, 0.05) is 4.90 Å². The first-order chi connectivity index (χ1) is 7.58. The second-order valence-corrected chi connectivity index (χ2v) is 5.13. The summed E-state index contributed by atoms with van der Waals surface area (Å²) in [6.45, 7) is 8.29. The van der Waals surface area contributed by atoms with Gasteiger partial charge in [-0.1, -0.05) is 32.2 Å². The summed E-state index contributed by atoms with van der Waals surface area (Å²) in [5.41, 5.74) is 6.84. The maximum atomic E-state index is 5.64. The van der Waals surface area contributed by atoms with Gasteiger partial charge in [0.05, 0.1) is 5.03 Å². The average Bonchev–Trinajstić information content (AvgIpc) is 2.62. The molecular formula is C12H15NO2S. The van der Waals surface area contributed by atoms with Crippen LogP contribution in [0.3, 0.4) is 0 Å². The van der Waals surface area contributed by atoms with Crippen molar-refractivity contribution in [3.05, 3.63) is 29.3 Å². The number of hydrogen-bond donors (Lipinski definition) is 1. The Morgan fingerprint density at radius 2 is 2.00 bits per heavy atom. The van der Waals surface area contributed by atoms with Gasteiger partial charge in [0.2, 0.25) is 6.79 Å². The smallest absolute Gasteiger partial charge is 0.231 e. The van der Waals surface area contributed by atoms with Crippen LogP contribution in [0.2, 0.25) is 0 Å². The zero-order chi connectivity index (χ0) is 11.7. The molecule has 86 valence electrons. The monoisotopic (exact) mass is 237 g/mol. The van der Waals surface area contributed by atoms with E-state index in [1.807, 2.05) is 12.1 Å². The lowest BCUT2D eigenvalue weighted by atomic mass is 10.0. The number of benzene rings is 1. The number of thioether (sulfide) groups is 1. The third-order valence-corrected chi connectivity index (χ3v) is 3.20. The van der Waals surface area contributed by atoms with Crippen LogP contribution < -0.4 is 15.2 Å². The highest BCUT2D eigenvalue weighted by Gasteiger charge is 2.19. The van der Waals surface area contributed by atoms with E-state index in [4.69, 9.17) is 15.2 Å². The van der Waals surface area contributed by atoms with E-state index in [0.717, 1.165) is 16.4 Å². The van der Waals surface area contributed by atoms with E-state index in [2.05, 4.69) is 20.4 Å². The maximum Gasteiger partial charge on any atom is 0.231 e. The minimum Gasteiger partial charge on any atom is -0.454 e. The van der Waals surface area contributed by atoms with Crippen molar-refractivity contribution < 1.29 is 9.47 Å². The van der Waals surface area contributed by atoms with Gasteiger partial charge in [-0.15, -0.1) is 0 Å².